The molecule has 116 valence electrons. The topological polar surface area (TPSA) is 75.7 Å². The number of hydroxylamine groups is 1. The normalized spacial score (nSPS) is 19.6. The number of nitrogens with zero attached hydrogens (tertiary/aromatic N) is 1. The zero-order chi connectivity index (χ0) is 15.5. The van der Waals surface area contributed by atoms with Crippen molar-refractivity contribution in [2.45, 2.75) is 30.7 Å². The van der Waals surface area contributed by atoms with Crippen LogP contribution in [0.15, 0.2) is 29.2 Å². The Balaban J connectivity index is 2.22. The van der Waals surface area contributed by atoms with Gasteiger partial charge in [0.15, 0.2) is 0 Å². The summed E-state index contributed by atoms with van der Waals surface area (Å²) in [4.78, 5) is 16.7. The third-order valence-corrected chi connectivity index (χ3v) is 5.17. The van der Waals surface area contributed by atoms with Crippen LogP contribution in [0.5, 0.6) is 0 Å². The second-order valence-corrected chi connectivity index (χ2v) is 6.52. The molecule has 0 unspecified atom stereocenters. The van der Waals surface area contributed by atoms with Crippen molar-refractivity contribution < 1.29 is 22.4 Å². The van der Waals surface area contributed by atoms with E-state index in [9.17, 15) is 17.6 Å². The molecule has 1 aliphatic heterocycles. The molecule has 2 rings (SSSR count). The largest absolute Gasteiger partial charge is 0.274 e. The number of amides is 1. The fourth-order valence-electron chi connectivity index (χ4n) is 2.24. The number of benzene rings is 1. The highest BCUT2D eigenvalue weighted by atomic mass is 32.2. The van der Waals surface area contributed by atoms with E-state index in [0.717, 1.165) is 16.4 Å². The average Bonchev–Trinajstić information content (AvgIpc) is 2.95. The van der Waals surface area contributed by atoms with Crippen molar-refractivity contribution in [3.63, 3.8) is 0 Å². The van der Waals surface area contributed by atoms with Crippen LogP contribution >= 0.6 is 0 Å². The van der Waals surface area contributed by atoms with Crippen molar-refractivity contribution in [3.8, 4) is 0 Å². The monoisotopic (exact) mass is 316 g/mol. The van der Waals surface area contributed by atoms with Gasteiger partial charge in [-0.25, -0.2) is 18.3 Å². The molecule has 0 spiro atoms. The third kappa shape index (κ3) is 3.39. The first kappa shape index (κ1) is 15.9. The summed E-state index contributed by atoms with van der Waals surface area (Å²) in [5.74, 6) is -0.999. The molecule has 0 bridgehead atoms. The zero-order valence-corrected chi connectivity index (χ0v) is 12.4. The quantitative estimate of drug-likeness (QED) is 0.824. The van der Waals surface area contributed by atoms with Crippen molar-refractivity contribution in [1.29, 1.82) is 0 Å². The van der Waals surface area contributed by atoms with Crippen molar-refractivity contribution >= 4 is 15.9 Å². The molecule has 6 nitrogen and oxygen atoms in total. The van der Waals surface area contributed by atoms with Crippen molar-refractivity contribution in [2.24, 2.45) is 0 Å². The van der Waals surface area contributed by atoms with Crippen LogP contribution in [0.1, 0.15) is 19.8 Å². The lowest BCUT2D eigenvalue weighted by atomic mass is 10.2. The lowest BCUT2D eigenvalue weighted by molar-refractivity contribution is -0.136. The third-order valence-electron chi connectivity index (χ3n) is 3.24. The molecule has 8 heteroatoms. The number of rotatable bonds is 5. The molecule has 1 aliphatic rings. The van der Waals surface area contributed by atoms with Gasteiger partial charge in [0.2, 0.25) is 10.0 Å². The highest BCUT2D eigenvalue weighted by Gasteiger charge is 2.39. The summed E-state index contributed by atoms with van der Waals surface area (Å²) in [6, 6.07) is 3.75. The van der Waals surface area contributed by atoms with Gasteiger partial charge in [-0.2, -0.15) is 4.31 Å². The molecule has 0 aromatic heterocycles. The number of sulfonamides is 1. The van der Waals surface area contributed by atoms with E-state index in [0.29, 0.717) is 19.4 Å². The predicted molar refractivity (Wildman–Crippen MR) is 73.1 cm³/mol. The van der Waals surface area contributed by atoms with E-state index in [1.807, 2.05) is 0 Å². The minimum atomic E-state index is -3.82. The van der Waals surface area contributed by atoms with Gasteiger partial charge in [0, 0.05) is 6.54 Å². The van der Waals surface area contributed by atoms with E-state index >= 15 is 0 Å². The molecule has 0 radical (unpaired) electrons. The first-order chi connectivity index (χ1) is 9.96. The van der Waals surface area contributed by atoms with Gasteiger partial charge in [-0.15, -0.1) is 0 Å². The molecule has 1 atom stereocenters. The second-order valence-electron chi connectivity index (χ2n) is 4.63. The number of halogens is 1. The maximum atomic E-state index is 12.9. The van der Waals surface area contributed by atoms with E-state index < -0.39 is 27.8 Å². The van der Waals surface area contributed by atoms with Gasteiger partial charge in [-0.3, -0.25) is 9.63 Å². The molecule has 1 aromatic rings. The van der Waals surface area contributed by atoms with Gasteiger partial charge in [0.25, 0.3) is 5.91 Å². The summed E-state index contributed by atoms with van der Waals surface area (Å²) in [6.45, 7) is 2.26. The average molecular weight is 316 g/mol. The van der Waals surface area contributed by atoms with Crippen LogP contribution in [-0.2, 0) is 19.7 Å². The standard InChI is InChI=1S/C13H17FN2O4S/c1-2-20-15-13(17)12-4-3-9-16(12)21(18,19)11-7-5-10(14)6-8-11/h5-8,12H,2-4,9H2,1H3,(H,15,17)/t12-/m0/s1. The molecule has 21 heavy (non-hydrogen) atoms. The van der Waals surface area contributed by atoms with Gasteiger partial charge in [0.1, 0.15) is 11.9 Å². The molecule has 1 saturated heterocycles. The molecule has 1 fully saturated rings. The van der Waals surface area contributed by atoms with Crippen LogP contribution in [0.2, 0.25) is 0 Å². The van der Waals surface area contributed by atoms with E-state index in [2.05, 4.69) is 5.48 Å². The first-order valence-corrected chi connectivity index (χ1v) is 8.10. The fourth-order valence-corrected chi connectivity index (χ4v) is 3.90. The summed E-state index contributed by atoms with van der Waals surface area (Å²) < 4.78 is 39.1. The van der Waals surface area contributed by atoms with E-state index in [4.69, 9.17) is 4.84 Å². The van der Waals surface area contributed by atoms with Crippen LogP contribution in [-0.4, -0.2) is 37.8 Å². The summed E-state index contributed by atoms with van der Waals surface area (Å²) in [5, 5.41) is 0. The number of nitrogens with one attached hydrogen (secondary N) is 1. The Morgan fingerprint density at radius 1 is 1.43 bits per heavy atom. The van der Waals surface area contributed by atoms with E-state index in [-0.39, 0.29) is 11.4 Å². The number of hydrogen-bond donors (Lipinski definition) is 1. The first-order valence-electron chi connectivity index (χ1n) is 6.66. The Morgan fingerprint density at radius 2 is 2.10 bits per heavy atom. The van der Waals surface area contributed by atoms with Crippen molar-refractivity contribution in [2.75, 3.05) is 13.2 Å². The van der Waals surface area contributed by atoms with Crippen LogP contribution < -0.4 is 5.48 Å². The number of hydrogen-bond acceptors (Lipinski definition) is 4. The summed E-state index contributed by atoms with van der Waals surface area (Å²) in [5.41, 5.74) is 2.23. The molecular weight excluding hydrogens is 299 g/mol. The summed E-state index contributed by atoms with van der Waals surface area (Å²) in [6.07, 6.45) is 1.02. The van der Waals surface area contributed by atoms with Crippen molar-refractivity contribution in [1.82, 2.24) is 9.79 Å². The van der Waals surface area contributed by atoms with E-state index in [1.54, 1.807) is 6.92 Å². The molecule has 1 N–H and O–H groups in total. The number of carbonyl (C=O) groups is 1. The molecule has 0 aliphatic carbocycles. The molecule has 1 aromatic carbocycles. The van der Waals surface area contributed by atoms with Gasteiger partial charge >= 0.3 is 0 Å². The Hall–Kier alpha value is -1.51. The maximum Gasteiger partial charge on any atom is 0.261 e. The van der Waals surface area contributed by atoms with Gasteiger partial charge < -0.3 is 0 Å². The van der Waals surface area contributed by atoms with Crippen LogP contribution in [0, 0.1) is 5.82 Å². The minimum absolute atomic E-state index is 0.0278. The highest BCUT2D eigenvalue weighted by Crippen LogP contribution is 2.26. The van der Waals surface area contributed by atoms with Crippen LogP contribution in [0.4, 0.5) is 4.39 Å². The minimum Gasteiger partial charge on any atom is -0.274 e. The van der Waals surface area contributed by atoms with E-state index in [1.165, 1.54) is 12.1 Å². The highest BCUT2D eigenvalue weighted by molar-refractivity contribution is 7.89. The Bertz CT molecular complexity index is 603. The smallest absolute Gasteiger partial charge is 0.261 e. The van der Waals surface area contributed by atoms with Crippen LogP contribution in [0.3, 0.4) is 0 Å². The summed E-state index contributed by atoms with van der Waals surface area (Å²) in [7, 11) is -3.82. The Labute approximate surface area is 122 Å². The summed E-state index contributed by atoms with van der Waals surface area (Å²) >= 11 is 0. The lowest BCUT2D eigenvalue weighted by Crippen LogP contribution is -2.45. The Morgan fingerprint density at radius 3 is 2.71 bits per heavy atom. The predicted octanol–water partition coefficient (Wildman–Crippen LogP) is 1.05. The second kappa shape index (κ2) is 6.50. The van der Waals surface area contributed by atoms with Gasteiger partial charge in [-0.05, 0) is 44.0 Å². The molecule has 0 saturated carbocycles. The zero-order valence-electron chi connectivity index (χ0n) is 11.6. The molecule has 1 amide bonds. The maximum absolute atomic E-state index is 12.9. The van der Waals surface area contributed by atoms with Crippen molar-refractivity contribution in [3.05, 3.63) is 30.1 Å². The fraction of sp³-hybridized carbons (Fsp3) is 0.462. The lowest BCUT2D eigenvalue weighted by Gasteiger charge is -2.23. The van der Waals surface area contributed by atoms with Crippen LogP contribution in [0.25, 0.3) is 0 Å². The SMILES string of the molecule is CCONC(=O)[C@@H]1CCCN1S(=O)(=O)c1ccc(F)cc1. The molecule has 1 heterocycles. The Kier molecular flexibility index (Phi) is 4.92. The van der Waals surface area contributed by atoms with Gasteiger partial charge in [0.05, 0.1) is 11.5 Å². The number of carbonyl (C=O) groups excluding carboxylic acids is 1. The molecular formula is C13H17FN2O4S. The van der Waals surface area contributed by atoms with Gasteiger partial charge in [-0.1, -0.05) is 0 Å².